The van der Waals surface area contributed by atoms with Gasteiger partial charge in [0.05, 0.1) is 6.54 Å². The second-order valence-electron chi connectivity index (χ2n) is 6.74. The molecule has 0 bridgehead atoms. The van der Waals surface area contributed by atoms with Gasteiger partial charge in [-0.3, -0.25) is 9.69 Å². The number of carbonyl (C=O) groups excluding carboxylic acids is 1. The van der Waals surface area contributed by atoms with Gasteiger partial charge in [0.1, 0.15) is 12.1 Å². The average molecular weight is 353 g/mol. The maximum atomic E-state index is 12.3. The van der Waals surface area contributed by atoms with Gasteiger partial charge in [0, 0.05) is 43.1 Å². The molecule has 1 fully saturated rings. The highest BCUT2D eigenvalue weighted by molar-refractivity contribution is 5.92. The number of amides is 1. The zero-order valence-corrected chi connectivity index (χ0v) is 15.8. The summed E-state index contributed by atoms with van der Waals surface area (Å²) in [7, 11) is 0. The Hall–Kier alpha value is -2.47. The van der Waals surface area contributed by atoms with Crippen molar-refractivity contribution in [1.29, 1.82) is 0 Å². The lowest BCUT2D eigenvalue weighted by Crippen LogP contribution is -2.49. The number of aromatic nitrogens is 2. The average Bonchev–Trinajstić information content (AvgIpc) is 2.64. The zero-order chi connectivity index (χ0) is 18.5. The monoisotopic (exact) mass is 353 g/mol. The number of carbonyl (C=O) groups is 1. The predicted octanol–water partition coefficient (Wildman–Crippen LogP) is 2.42. The Balaban J connectivity index is 1.55. The van der Waals surface area contributed by atoms with Crippen molar-refractivity contribution in [2.24, 2.45) is 0 Å². The van der Waals surface area contributed by atoms with Crippen molar-refractivity contribution >= 4 is 17.4 Å². The topological polar surface area (TPSA) is 61.4 Å². The molecule has 0 unspecified atom stereocenters. The number of aryl methyl sites for hydroxylation is 2. The van der Waals surface area contributed by atoms with E-state index in [-0.39, 0.29) is 5.91 Å². The lowest BCUT2D eigenvalue weighted by molar-refractivity contribution is -0.117. The summed E-state index contributed by atoms with van der Waals surface area (Å²) in [5.41, 5.74) is 4.24. The van der Waals surface area contributed by atoms with E-state index in [4.69, 9.17) is 0 Å². The summed E-state index contributed by atoms with van der Waals surface area (Å²) in [4.78, 5) is 25.7. The van der Waals surface area contributed by atoms with Crippen molar-refractivity contribution in [3.63, 3.8) is 0 Å². The summed E-state index contributed by atoms with van der Waals surface area (Å²) in [5, 5.41) is 3.01. The molecule has 0 aliphatic carbocycles. The first-order valence-electron chi connectivity index (χ1n) is 9.21. The van der Waals surface area contributed by atoms with Crippen molar-refractivity contribution < 1.29 is 4.79 Å². The molecule has 6 heteroatoms. The zero-order valence-electron chi connectivity index (χ0n) is 15.8. The van der Waals surface area contributed by atoms with Gasteiger partial charge in [-0.25, -0.2) is 9.97 Å². The Bertz CT molecular complexity index is 769. The van der Waals surface area contributed by atoms with Crippen LogP contribution in [-0.4, -0.2) is 53.5 Å². The Morgan fingerprint density at radius 1 is 1.12 bits per heavy atom. The van der Waals surface area contributed by atoms with Gasteiger partial charge in [-0.05, 0) is 31.9 Å². The van der Waals surface area contributed by atoms with Crippen LogP contribution in [0.1, 0.15) is 23.7 Å². The fourth-order valence-electron chi connectivity index (χ4n) is 3.40. The summed E-state index contributed by atoms with van der Waals surface area (Å²) < 4.78 is 0. The van der Waals surface area contributed by atoms with Gasteiger partial charge in [0.15, 0.2) is 0 Å². The maximum absolute atomic E-state index is 12.3. The van der Waals surface area contributed by atoms with Crippen molar-refractivity contribution in [3.8, 4) is 0 Å². The molecule has 2 heterocycles. The Labute approximate surface area is 155 Å². The first kappa shape index (κ1) is 18.3. The minimum absolute atomic E-state index is 0.0416. The summed E-state index contributed by atoms with van der Waals surface area (Å²) in [6, 6.07) is 7.86. The van der Waals surface area contributed by atoms with E-state index in [2.05, 4.69) is 32.0 Å². The van der Waals surface area contributed by atoms with Crippen LogP contribution in [0.5, 0.6) is 0 Å². The summed E-state index contributed by atoms with van der Waals surface area (Å²) in [5.74, 6) is 1.09. The van der Waals surface area contributed by atoms with Crippen LogP contribution >= 0.6 is 0 Å². The van der Waals surface area contributed by atoms with E-state index in [0.717, 1.165) is 55.4 Å². The van der Waals surface area contributed by atoms with Crippen molar-refractivity contribution in [1.82, 2.24) is 14.9 Å². The molecule has 1 aromatic heterocycles. The molecular weight excluding hydrogens is 326 g/mol. The Morgan fingerprint density at radius 3 is 2.54 bits per heavy atom. The van der Waals surface area contributed by atoms with Crippen molar-refractivity contribution in [2.45, 2.75) is 27.2 Å². The van der Waals surface area contributed by atoms with Crippen LogP contribution in [0, 0.1) is 13.8 Å². The molecule has 1 N–H and O–H groups in total. The number of hydrogen-bond acceptors (Lipinski definition) is 5. The molecule has 1 aliphatic heterocycles. The minimum atomic E-state index is 0.0416. The molecule has 3 rings (SSSR count). The number of piperazine rings is 1. The first-order valence-corrected chi connectivity index (χ1v) is 9.21. The van der Waals surface area contributed by atoms with Crippen LogP contribution in [0.25, 0.3) is 0 Å². The number of benzene rings is 1. The van der Waals surface area contributed by atoms with Gasteiger partial charge in [0.2, 0.25) is 5.91 Å². The molecule has 0 radical (unpaired) electrons. The van der Waals surface area contributed by atoms with Crippen molar-refractivity contribution in [2.75, 3.05) is 42.9 Å². The maximum Gasteiger partial charge on any atom is 0.238 e. The van der Waals surface area contributed by atoms with E-state index >= 15 is 0 Å². The molecule has 1 aromatic carbocycles. The fraction of sp³-hybridized carbons (Fsp3) is 0.450. The third kappa shape index (κ3) is 4.19. The summed E-state index contributed by atoms with van der Waals surface area (Å²) in [6.07, 6.45) is 2.58. The molecule has 2 aromatic rings. The highest BCUT2D eigenvalue weighted by Crippen LogP contribution is 2.21. The molecule has 26 heavy (non-hydrogen) atoms. The quantitative estimate of drug-likeness (QED) is 0.894. The lowest BCUT2D eigenvalue weighted by atomic mass is 10.1. The van der Waals surface area contributed by atoms with E-state index in [1.54, 1.807) is 6.33 Å². The standard InChI is InChI=1S/C20H27N5O/c1-4-17-16(3)21-14-22-20(17)25-11-9-24(10-12-25)13-19(26)23-18-8-6-5-7-15(18)2/h5-8,14H,4,9-13H2,1-3H3,(H,23,26). The highest BCUT2D eigenvalue weighted by atomic mass is 16.2. The minimum Gasteiger partial charge on any atom is -0.354 e. The van der Waals surface area contributed by atoms with Crippen LogP contribution in [0.3, 0.4) is 0 Å². The van der Waals surface area contributed by atoms with Crippen LogP contribution in [0.15, 0.2) is 30.6 Å². The first-order chi connectivity index (χ1) is 12.6. The number of nitrogens with one attached hydrogen (secondary N) is 1. The number of para-hydroxylation sites is 1. The Kier molecular flexibility index (Phi) is 5.83. The number of nitrogens with zero attached hydrogens (tertiary/aromatic N) is 4. The van der Waals surface area contributed by atoms with E-state index in [1.807, 2.05) is 38.1 Å². The van der Waals surface area contributed by atoms with E-state index in [1.165, 1.54) is 5.56 Å². The van der Waals surface area contributed by atoms with Crippen LogP contribution < -0.4 is 10.2 Å². The number of rotatable bonds is 5. The third-order valence-corrected chi connectivity index (χ3v) is 4.95. The molecule has 0 atom stereocenters. The SMILES string of the molecule is CCc1c(C)ncnc1N1CCN(CC(=O)Nc2ccccc2C)CC1. The van der Waals surface area contributed by atoms with Crippen LogP contribution in [0.4, 0.5) is 11.5 Å². The molecule has 0 saturated carbocycles. The number of hydrogen-bond donors (Lipinski definition) is 1. The van der Waals surface area contributed by atoms with Crippen molar-refractivity contribution in [3.05, 3.63) is 47.4 Å². The molecule has 138 valence electrons. The van der Waals surface area contributed by atoms with Gasteiger partial charge in [-0.2, -0.15) is 0 Å². The smallest absolute Gasteiger partial charge is 0.238 e. The largest absolute Gasteiger partial charge is 0.354 e. The van der Waals surface area contributed by atoms with E-state index in [9.17, 15) is 4.79 Å². The molecule has 1 saturated heterocycles. The lowest BCUT2D eigenvalue weighted by Gasteiger charge is -2.36. The third-order valence-electron chi connectivity index (χ3n) is 4.95. The second kappa shape index (κ2) is 8.27. The highest BCUT2D eigenvalue weighted by Gasteiger charge is 2.22. The fourth-order valence-corrected chi connectivity index (χ4v) is 3.40. The van der Waals surface area contributed by atoms with Gasteiger partial charge < -0.3 is 10.2 Å². The van der Waals surface area contributed by atoms with Gasteiger partial charge in [-0.1, -0.05) is 25.1 Å². The molecule has 1 aliphatic rings. The molecular formula is C20H27N5O. The van der Waals surface area contributed by atoms with Gasteiger partial charge in [0.25, 0.3) is 0 Å². The van der Waals surface area contributed by atoms with Crippen LogP contribution in [-0.2, 0) is 11.2 Å². The predicted molar refractivity (Wildman–Crippen MR) is 105 cm³/mol. The van der Waals surface area contributed by atoms with Crippen LogP contribution in [0.2, 0.25) is 0 Å². The summed E-state index contributed by atoms with van der Waals surface area (Å²) >= 11 is 0. The van der Waals surface area contributed by atoms with Gasteiger partial charge >= 0.3 is 0 Å². The number of anilines is 2. The normalized spacial score (nSPS) is 15.1. The second-order valence-corrected chi connectivity index (χ2v) is 6.74. The van der Waals surface area contributed by atoms with E-state index < -0.39 is 0 Å². The molecule has 6 nitrogen and oxygen atoms in total. The van der Waals surface area contributed by atoms with E-state index in [0.29, 0.717) is 6.54 Å². The molecule has 0 spiro atoms. The summed E-state index contributed by atoms with van der Waals surface area (Å²) in [6.45, 7) is 10.1. The molecule has 1 amide bonds. The Morgan fingerprint density at radius 2 is 1.85 bits per heavy atom. The van der Waals surface area contributed by atoms with Gasteiger partial charge in [-0.15, -0.1) is 0 Å².